The van der Waals surface area contributed by atoms with Gasteiger partial charge in [-0.2, -0.15) is 0 Å². The molecule has 148 valence electrons. The molecule has 2 aliphatic rings. The predicted octanol–water partition coefficient (Wildman–Crippen LogP) is 1.21. The zero-order valence-electron chi connectivity index (χ0n) is 16.1. The van der Waals surface area contributed by atoms with Gasteiger partial charge in [0.2, 0.25) is 11.8 Å². The van der Waals surface area contributed by atoms with E-state index >= 15 is 0 Å². The maximum absolute atomic E-state index is 12.4. The first-order valence-electron chi connectivity index (χ1n) is 10.1. The van der Waals surface area contributed by atoms with Crippen LogP contribution in [-0.4, -0.2) is 60.9 Å². The summed E-state index contributed by atoms with van der Waals surface area (Å²) in [5.74, 6) is 0.627. The number of amides is 2. The monoisotopic (exact) mass is 372 g/mol. The number of nitrogens with one attached hydrogen (secondary N) is 1. The van der Waals surface area contributed by atoms with Gasteiger partial charge < -0.3 is 11.1 Å². The fourth-order valence-corrected chi connectivity index (χ4v) is 4.25. The summed E-state index contributed by atoms with van der Waals surface area (Å²) in [7, 11) is 0. The van der Waals surface area contributed by atoms with Crippen LogP contribution in [0.4, 0.5) is 0 Å². The second-order valence-corrected chi connectivity index (χ2v) is 7.97. The normalized spacial score (nSPS) is 22.0. The van der Waals surface area contributed by atoms with Gasteiger partial charge >= 0.3 is 0 Å². The van der Waals surface area contributed by atoms with Crippen molar-refractivity contribution in [3.05, 3.63) is 35.9 Å². The number of carbonyl (C=O) groups excluding carboxylic acids is 2. The number of carbonyl (C=O) groups is 2. The molecule has 1 aromatic carbocycles. The van der Waals surface area contributed by atoms with Crippen molar-refractivity contribution in [1.29, 1.82) is 0 Å². The average molecular weight is 373 g/mol. The molecule has 0 bridgehead atoms. The minimum atomic E-state index is -0.296. The van der Waals surface area contributed by atoms with Crippen LogP contribution in [-0.2, 0) is 16.1 Å². The zero-order valence-corrected chi connectivity index (χ0v) is 16.1. The quantitative estimate of drug-likeness (QED) is 0.719. The van der Waals surface area contributed by atoms with Crippen LogP contribution in [0.15, 0.2) is 30.3 Å². The molecule has 2 saturated heterocycles. The molecule has 2 aliphatic heterocycles. The van der Waals surface area contributed by atoms with Crippen molar-refractivity contribution < 1.29 is 9.59 Å². The molecule has 0 unspecified atom stereocenters. The molecule has 2 amide bonds. The number of rotatable bonds is 8. The Kier molecular flexibility index (Phi) is 7.24. The van der Waals surface area contributed by atoms with Crippen LogP contribution < -0.4 is 11.1 Å². The number of hydrogen-bond donors (Lipinski definition) is 2. The van der Waals surface area contributed by atoms with Crippen LogP contribution >= 0.6 is 0 Å². The highest BCUT2D eigenvalue weighted by atomic mass is 16.2. The van der Waals surface area contributed by atoms with Crippen molar-refractivity contribution >= 4 is 11.8 Å². The summed E-state index contributed by atoms with van der Waals surface area (Å²) in [6, 6.07) is 10.6. The molecular weight excluding hydrogens is 340 g/mol. The molecule has 0 radical (unpaired) electrons. The van der Waals surface area contributed by atoms with Gasteiger partial charge in [0, 0.05) is 25.6 Å². The first kappa shape index (κ1) is 19.8. The van der Waals surface area contributed by atoms with Gasteiger partial charge in [0.05, 0.1) is 6.54 Å². The van der Waals surface area contributed by atoms with Crippen LogP contribution in [0, 0.1) is 11.8 Å². The Morgan fingerprint density at radius 2 is 1.74 bits per heavy atom. The molecule has 0 saturated carbocycles. The number of nitrogens with zero attached hydrogens (tertiary/aromatic N) is 2. The van der Waals surface area contributed by atoms with E-state index in [-0.39, 0.29) is 17.7 Å². The largest absolute Gasteiger partial charge is 0.369 e. The summed E-state index contributed by atoms with van der Waals surface area (Å²) in [5.41, 5.74) is 6.60. The molecule has 6 heteroatoms. The molecule has 1 atom stereocenters. The summed E-state index contributed by atoms with van der Waals surface area (Å²) in [5, 5.41) is 3.13. The molecule has 6 nitrogen and oxygen atoms in total. The number of hydrogen-bond acceptors (Lipinski definition) is 4. The van der Waals surface area contributed by atoms with Crippen molar-refractivity contribution in [1.82, 2.24) is 15.1 Å². The third-order valence-electron chi connectivity index (χ3n) is 5.81. The van der Waals surface area contributed by atoms with E-state index in [9.17, 15) is 9.59 Å². The van der Waals surface area contributed by atoms with E-state index in [1.54, 1.807) is 0 Å². The molecule has 27 heavy (non-hydrogen) atoms. The minimum Gasteiger partial charge on any atom is -0.369 e. The summed E-state index contributed by atoms with van der Waals surface area (Å²) >= 11 is 0. The van der Waals surface area contributed by atoms with Crippen molar-refractivity contribution in [2.24, 2.45) is 17.6 Å². The number of benzene rings is 1. The Labute approximate surface area is 162 Å². The lowest BCUT2D eigenvalue weighted by Crippen LogP contribution is -2.43. The Morgan fingerprint density at radius 1 is 1.04 bits per heavy atom. The summed E-state index contributed by atoms with van der Waals surface area (Å²) in [4.78, 5) is 27.9. The van der Waals surface area contributed by atoms with E-state index in [1.165, 1.54) is 12.0 Å². The summed E-state index contributed by atoms with van der Waals surface area (Å²) in [6.45, 7) is 5.91. The second-order valence-electron chi connectivity index (χ2n) is 7.97. The van der Waals surface area contributed by atoms with Crippen molar-refractivity contribution in [2.45, 2.75) is 32.2 Å². The third-order valence-corrected chi connectivity index (χ3v) is 5.81. The highest BCUT2D eigenvalue weighted by Crippen LogP contribution is 2.21. The van der Waals surface area contributed by atoms with E-state index in [0.717, 1.165) is 58.5 Å². The minimum absolute atomic E-state index is 0.0762. The molecule has 3 rings (SSSR count). The fourth-order valence-electron chi connectivity index (χ4n) is 4.25. The van der Waals surface area contributed by atoms with Gasteiger partial charge in [-0.1, -0.05) is 30.3 Å². The molecule has 0 aliphatic carbocycles. The number of nitrogens with two attached hydrogens (primary N) is 1. The number of primary amides is 1. The first-order chi connectivity index (χ1) is 13.1. The van der Waals surface area contributed by atoms with Crippen LogP contribution in [0.2, 0.25) is 0 Å². The number of likely N-dealkylation sites (tertiary alicyclic amines) is 2. The van der Waals surface area contributed by atoms with E-state index in [4.69, 9.17) is 5.73 Å². The van der Waals surface area contributed by atoms with E-state index in [1.807, 2.05) is 4.90 Å². The Balaban J connectivity index is 1.30. The Hall–Kier alpha value is -1.92. The van der Waals surface area contributed by atoms with Crippen LogP contribution in [0.1, 0.15) is 31.2 Å². The number of piperidine rings is 1. The maximum atomic E-state index is 12.4. The fraction of sp³-hybridized carbons (Fsp3) is 0.619. The standard InChI is InChI=1S/C21H32N4O2/c22-20(26)16-24-12-8-19(9-13-24)21(27)23-10-6-18-7-11-25(15-18)14-17-4-2-1-3-5-17/h1-5,18-19H,6-16H2,(H2,22,26)(H,23,27)/t18-/m0/s1. The van der Waals surface area contributed by atoms with E-state index in [0.29, 0.717) is 12.5 Å². The zero-order chi connectivity index (χ0) is 19.1. The first-order valence-corrected chi connectivity index (χ1v) is 10.1. The predicted molar refractivity (Wildman–Crippen MR) is 106 cm³/mol. The summed E-state index contributed by atoms with van der Waals surface area (Å²) in [6.07, 6.45) is 3.90. The molecule has 0 aromatic heterocycles. The molecule has 2 heterocycles. The lowest BCUT2D eigenvalue weighted by Gasteiger charge is -2.30. The molecular formula is C21H32N4O2. The second kappa shape index (κ2) is 9.85. The van der Waals surface area contributed by atoms with Crippen LogP contribution in [0.25, 0.3) is 0 Å². The van der Waals surface area contributed by atoms with Gasteiger partial charge in [-0.15, -0.1) is 0 Å². The van der Waals surface area contributed by atoms with E-state index < -0.39 is 0 Å². The van der Waals surface area contributed by atoms with E-state index in [2.05, 4.69) is 40.5 Å². The molecule has 3 N–H and O–H groups in total. The van der Waals surface area contributed by atoms with Crippen molar-refractivity contribution in [2.75, 3.05) is 39.3 Å². The van der Waals surface area contributed by atoms with Gasteiger partial charge in [-0.25, -0.2) is 0 Å². The average Bonchev–Trinajstić information content (AvgIpc) is 3.10. The maximum Gasteiger partial charge on any atom is 0.231 e. The van der Waals surface area contributed by atoms with Crippen LogP contribution in [0.5, 0.6) is 0 Å². The molecule has 1 aromatic rings. The van der Waals surface area contributed by atoms with Gasteiger partial charge in [0.1, 0.15) is 0 Å². The SMILES string of the molecule is NC(=O)CN1CCC(C(=O)NCC[C@H]2CCN(Cc3ccccc3)C2)CC1. The van der Waals surface area contributed by atoms with Gasteiger partial charge in [0.25, 0.3) is 0 Å². The summed E-state index contributed by atoms with van der Waals surface area (Å²) < 4.78 is 0. The van der Waals surface area contributed by atoms with Crippen molar-refractivity contribution in [3.8, 4) is 0 Å². The lowest BCUT2D eigenvalue weighted by atomic mass is 9.95. The topological polar surface area (TPSA) is 78.7 Å². The highest BCUT2D eigenvalue weighted by molar-refractivity contribution is 5.79. The van der Waals surface area contributed by atoms with Gasteiger partial charge in [-0.05, 0) is 56.8 Å². The van der Waals surface area contributed by atoms with Crippen molar-refractivity contribution in [3.63, 3.8) is 0 Å². The molecule has 0 spiro atoms. The Morgan fingerprint density at radius 3 is 2.44 bits per heavy atom. The molecule has 2 fully saturated rings. The lowest BCUT2D eigenvalue weighted by molar-refractivity contribution is -0.126. The Bertz CT molecular complexity index is 614. The van der Waals surface area contributed by atoms with Gasteiger partial charge in [0.15, 0.2) is 0 Å². The smallest absolute Gasteiger partial charge is 0.231 e. The highest BCUT2D eigenvalue weighted by Gasteiger charge is 2.26. The van der Waals surface area contributed by atoms with Crippen LogP contribution in [0.3, 0.4) is 0 Å². The van der Waals surface area contributed by atoms with Gasteiger partial charge in [-0.3, -0.25) is 19.4 Å². The third kappa shape index (κ3) is 6.33.